The van der Waals surface area contributed by atoms with Crippen LogP contribution in [0.2, 0.25) is 0 Å². The molecule has 3 aliphatic rings. The molecule has 13 heteroatoms. The van der Waals surface area contributed by atoms with Crippen LogP contribution in [0.4, 0.5) is 32.3 Å². The zero-order valence-electron chi connectivity index (χ0n) is 21.7. The van der Waals surface area contributed by atoms with Crippen LogP contribution in [0.15, 0.2) is 55.3 Å². The van der Waals surface area contributed by atoms with E-state index in [9.17, 15) is 14.0 Å². The van der Waals surface area contributed by atoms with Crippen LogP contribution < -0.4 is 15.1 Å². The first-order valence-electron chi connectivity index (χ1n) is 13.1. The third-order valence-corrected chi connectivity index (χ3v) is 7.42. The summed E-state index contributed by atoms with van der Waals surface area (Å²) < 4.78 is 21.0. The van der Waals surface area contributed by atoms with Crippen LogP contribution in [-0.2, 0) is 22.6 Å². The van der Waals surface area contributed by atoms with Gasteiger partial charge in [0.15, 0.2) is 5.83 Å². The smallest absolute Gasteiger partial charge is 0.326 e. The molecule has 208 valence electrons. The van der Waals surface area contributed by atoms with Gasteiger partial charge < -0.3 is 25.0 Å². The Morgan fingerprint density at radius 1 is 1.25 bits per heavy atom. The Hall–Kier alpha value is -4.36. The molecule has 40 heavy (non-hydrogen) atoms. The molecule has 5 heterocycles. The van der Waals surface area contributed by atoms with Gasteiger partial charge in [0.2, 0.25) is 5.95 Å². The Labute approximate surface area is 229 Å². The number of aliphatic hydroxyl groups is 1. The van der Waals surface area contributed by atoms with Gasteiger partial charge in [-0.3, -0.25) is 14.4 Å². The summed E-state index contributed by atoms with van der Waals surface area (Å²) in [4.78, 5) is 40.8. The van der Waals surface area contributed by atoms with E-state index in [0.717, 1.165) is 11.1 Å². The van der Waals surface area contributed by atoms with Crippen molar-refractivity contribution in [1.82, 2.24) is 24.6 Å². The van der Waals surface area contributed by atoms with Gasteiger partial charge in [0, 0.05) is 36.8 Å². The average molecular weight is 549 g/mol. The van der Waals surface area contributed by atoms with Crippen molar-refractivity contribution < 1.29 is 23.8 Å². The molecule has 2 aromatic heterocycles. The number of aromatic nitrogens is 4. The van der Waals surface area contributed by atoms with E-state index in [1.165, 1.54) is 4.90 Å². The molecule has 0 saturated carbocycles. The van der Waals surface area contributed by atoms with E-state index in [-0.39, 0.29) is 37.8 Å². The fourth-order valence-corrected chi connectivity index (χ4v) is 5.56. The highest BCUT2D eigenvalue weighted by Crippen LogP contribution is 2.42. The first-order chi connectivity index (χ1) is 19.4. The van der Waals surface area contributed by atoms with Crippen molar-refractivity contribution in [3.05, 3.63) is 66.4 Å². The van der Waals surface area contributed by atoms with Gasteiger partial charge in [0.1, 0.15) is 5.82 Å². The second-order valence-corrected chi connectivity index (χ2v) is 9.91. The number of benzene rings is 1. The second-order valence-electron chi connectivity index (χ2n) is 9.91. The van der Waals surface area contributed by atoms with Gasteiger partial charge in [0.05, 0.1) is 50.3 Å². The van der Waals surface area contributed by atoms with Crippen LogP contribution >= 0.6 is 0 Å². The molecular formula is C27H29FN8O4. The summed E-state index contributed by atoms with van der Waals surface area (Å²) in [6, 6.07) is 6.51. The number of para-hydroxylation sites is 1. The lowest BCUT2D eigenvalue weighted by atomic mass is 9.93. The van der Waals surface area contributed by atoms with Crippen molar-refractivity contribution in [2.75, 3.05) is 41.5 Å². The molecule has 1 fully saturated rings. The van der Waals surface area contributed by atoms with E-state index in [1.807, 2.05) is 12.1 Å². The summed E-state index contributed by atoms with van der Waals surface area (Å²) >= 11 is 0. The summed E-state index contributed by atoms with van der Waals surface area (Å²) in [6.07, 6.45) is 6.16. The minimum atomic E-state index is -1.02. The summed E-state index contributed by atoms with van der Waals surface area (Å²) in [5.74, 6) is -0.963. The highest BCUT2D eigenvalue weighted by atomic mass is 19.1. The largest absolute Gasteiger partial charge is 0.394 e. The van der Waals surface area contributed by atoms with Crippen molar-refractivity contribution in [3.8, 4) is 0 Å². The van der Waals surface area contributed by atoms with Crippen LogP contribution in [0.3, 0.4) is 0 Å². The molecule has 1 unspecified atom stereocenters. The van der Waals surface area contributed by atoms with Gasteiger partial charge in [-0.2, -0.15) is 10.1 Å². The number of nitrogens with zero attached hydrogens (tertiary/aromatic N) is 7. The van der Waals surface area contributed by atoms with Gasteiger partial charge in [0.25, 0.3) is 5.91 Å². The van der Waals surface area contributed by atoms with Gasteiger partial charge in [-0.15, -0.1) is 0 Å². The number of carbonyl (C=O) groups excluding carboxylic acids is 2. The molecule has 6 rings (SSSR count). The number of urea groups is 1. The van der Waals surface area contributed by atoms with Crippen molar-refractivity contribution in [1.29, 1.82) is 0 Å². The standard InChI is InChI=1S/C27H29FN8O4/c1-17(28)25(38)34-8-6-23(21-4-2-3-5-22(21)34)35-14-18-12-29-26(31-19-13-30-33(15-19)9-10-37)32-24(18)36(27(35)39)20-7-11-40-16-20/h2-5,12-13,15,20,23,37H,1,6-11,14,16H2,(H,29,31,32)/t20?,23-/m0/s1. The molecule has 0 aliphatic carbocycles. The molecule has 3 amide bonds. The number of fused-ring (bicyclic) bond motifs is 2. The molecule has 0 bridgehead atoms. The van der Waals surface area contributed by atoms with Crippen LogP contribution in [0.1, 0.15) is 30.0 Å². The van der Waals surface area contributed by atoms with Gasteiger partial charge in [-0.25, -0.2) is 14.2 Å². The predicted molar refractivity (Wildman–Crippen MR) is 144 cm³/mol. The van der Waals surface area contributed by atoms with E-state index in [2.05, 4.69) is 22.0 Å². The van der Waals surface area contributed by atoms with Crippen LogP contribution in [-0.4, -0.2) is 74.1 Å². The van der Waals surface area contributed by atoms with E-state index >= 15 is 0 Å². The highest BCUT2D eigenvalue weighted by molar-refractivity contribution is 6.04. The highest BCUT2D eigenvalue weighted by Gasteiger charge is 2.43. The first-order valence-corrected chi connectivity index (χ1v) is 13.1. The normalized spacial score (nSPS) is 20.4. The first kappa shape index (κ1) is 25.9. The number of aliphatic hydroxyl groups excluding tert-OH is 1. The third-order valence-electron chi connectivity index (χ3n) is 7.42. The van der Waals surface area contributed by atoms with E-state index in [0.29, 0.717) is 55.7 Å². The van der Waals surface area contributed by atoms with Crippen LogP contribution in [0.5, 0.6) is 0 Å². The summed E-state index contributed by atoms with van der Waals surface area (Å²) in [7, 11) is 0. The Balaban J connectivity index is 1.33. The maximum Gasteiger partial charge on any atom is 0.326 e. The molecule has 12 nitrogen and oxygen atoms in total. The van der Waals surface area contributed by atoms with Gasteiger partial charge in [-0.05, 0) is 24.5 Å². The topological polar surface area (TPSA) is 129 Å². The molecular weight excluding hydrogens is 519 g/mol. The predicted octanol–water partition coefficient (Wildman–Crippen LogP) is 2.90. The molecule has 1 saturated heterocycles. The Bertz CT molecular complexity index is 1460. The lowest BCUT2D eigenvalue weighted by Crippen LogP contribution is -2.54. The number of carbonyl (C=O) groups is 2. The molecule has 3 aromatic rings. The van der Waals surface area contributed by atoms with Crippen molar-refractivity contribution >= 4 is 35.1 Å². The maximum absolute atomic E-state index is 14.2. The molecule has 2 atom stereocenters. The summed E-state index contributed by atoms with van der Waals surface area (Å²) in [5.41, 5.74) is 2.76. The second kappa shape index (κ2) is 10.7. The lowest BCUT2D eigenvalue weighted by Gasteiger charge is -2.45. The Morgan fingerprint density at radius 3 is 2.88 bits per heavy atom. The number of anilines is 4. The van der Waals surface area contributed by atoms with Gasteiger partial charge >= 0.3 is 6.03 Å². The van der Waals surface area contributed by atoms with Crippen molar-refractivity contribution in [3.63, 3.8) is 0 Å². The van der Waals surface area contributed by atoms with Crippen molar-refractivity contribution in [2.24, 2.45) is 0 Å². The maximum atomic E-state index is 14.2. The van der Waals surface area contributed by atoms with E-state index < -0.39 is 11.7 Å². The summed E-state index contributed by atoms with van der Waals surface area (Å²) in [6.45, 7) is 4.96. The Morgan fingerprint density at radius 2 is 2.10 bits per heavy atom. The fraction of sp³-hybridized carbons (Fsp3) is 0.370. The number of hydrogen-bond donors (Lipinski definition) is 2. The molecule has 2 N–H and O–H groups in total. The van der Waals surface area contributed by atoms with Crippen molar-refractivity contribution in [2.45, 2.75) is 38.0 Å². The minimum absolute atomic E-state index is 0.0293. The fourth-order valence-electron chi connectivity index (χ4n) is 5.56. The van der Waals surface area contributed by atoms with E-state index in [1.54, 1.807) is 45.2 Å². The number of amides is 3. The molecule has 0 radical (unpaired) electrons. The quantitative estimate of drug-likeness (QED) is 0.432. The average Bonchev–Trinajstić information content (AvgIpc) is 3.65. The summed E-state index contributed by atoms with van der Waals surface area (Å²) in [5, 5.41) is 16.5. The number of nitrogens with one attached hydrogen (secondary N) is 1. The van der Waals surface area contributed by atoms with E-state index in [4.69, 9.17) is 14.8 Å². The molecule has 1 aromatic carbocycles. The number of ether oxygens (including phenoxy) is 1. The minimum Gasteiger partial charge on any atom is -0.394 e. The van der Waals surface area contributed by atoms with Gasteiger partial charge in [-0.1, -0.05) is 24.8 Å². The number of halogens is 1. The monoisotopic (exact) mass is 548 g/mol. The van der Waals surface area contributed by atoms with Crippen LogP contribution in [0.25, 0.3) is 0 Å². The lowest BCUT2D eigenvalue weighted by molar-refractivity contribution is -0.116. The number of rotatable bonds is 7. The SMILES string of the molecule is C=C(F)C(=O)N1CC[C@H](N2Cc3cnc(Nc4cnn(CCO)c4)nc3N(C3CCOC3)C2=O)c2ccccc21. The van der Waals surface area contributed by atoms with Crippen LogP contribution in [0, 0.1) is 0 Å². The number of hydrogen-bond acceptors (Lipinski definition) is 8. The zero-order chi connectivity index (χ0) is 27.8. The Kier molecular flexibility index (Phi) is 6.90. The molecule has 0 spiro atoms. The zero-order valence-corrected chi connectivity index (χ0v) is 21.7. The molecule has 3 aliphatic heterocycles. The third kappa shape index (κ3) is 4.67.